The van der Waals surface area contributed by atoms with Crippen molar-refractivity contribution in [3.63, 3.8) is 0 Å². The lowest BCUT2D eigenvalue weighted by atomic mass is 10.2. The van der Waals surface area contributed by atoms with Crippen molar-refractivity contribution in [2.45, 2.75) is 19.4 Å². The van der Waals surface area contributed by atoms with Crippen LogP contribution in [0.5, 0.6) is 5.88 Å². The Balaban J connectivity index is 1.41. The minimum atomic E-state index is -0.0945. The average molecular weight is 392 g/mol. The fraction of sp³-hybridized carbons (Fsp3) is 0.333. The second-order valence-electron chi connectivity index (χ2n) is 7.29. The Kier molecular flexibility index (Phi) is 5.16. The van der Waals surface area contributed by atoms with E-state index < -0.39 is 0 Å². The minimum Gasteiger partial charge on any atom is -0.471 e. The number of carbonyl (C=O) groups excluding carboxylic acids is 1. The van der Waals surface area contributed by atoms with Gasteiger partial charge in [-0.3, -0.25) is 4.79 Å². The van der Waals surface area contributed by atoms with Crippen molar-refractivity contribution in [1.29, 1.82) is 0 Å². The number of aromatic nitrogens is 4. The van der Waals surface area contributed by atoms with Gasteiger partial charge in [-0.1, -0.05) is 18.2 Å². The monoisotopic (exact) mass is 392 g/mol. The highest BCUT2D eigenvalue weighted by Gasteiger charge is 2.30. The smallest absolute Gasteiger partial charge is 0.257 e. The van der Waals surface area contributed by atoms with Gasteiger partial charge in [0.15, 0.2) is 5.82 Å². The zero-order valence-corrected chi connectivity index (χ0v) is 16.8. The van der Waals surface area contributed by atoms with E-state index in [-0.39, 0.29) is 12.0 Å². The summed E-state index contributed by atoms with van der Waals surface area (Å²) < 4.78 is 7.72. The van der Waals surface area contributed by atoms with Gasteiger partial charge in [0, 0.05) is 33.1 Å². The minimum absolute atomic E-state index is 0.0233. The third kappa shape index (κ3) is 3.91. The summed E-state index contributed by atoms with van der Waals surface area (Å²) in [6.45, 7) is 3.08. The number of hydrogen-bond donors (Lipinski definition) is 0. The van der Waals surface area contributed by atoms with Crippen LogP contribution in [0.15, 0.2) is 48.7 Å². The highest BCUT2D eigenvalue weighted by atomic mass is 16.5. The molecule has 150 valence electrons. The van der Waals surface area contributed by atoms with Gasteiger partial charge in [0.1, 0.15) is 6.10 Å². The Bertz CT molecular complexity index is 984. The fourth-order valence-corrected chi connectivity index (χ4v) is 3.41. The summed E-state index contributed by atoms with van der Waals surface area (Å²) in [5.74, 6) is 1.22. The van der Waals surface area contributed by atoms with Gasteiger partial charge in [-0.05, 0) is 25.1 Å². The molecule has 1 unspecified atom stereocenters. The molecule has 8 heteroatoms. The predicted molar refractivity (Wildman–Crippen MR) is 110 cm³/mol. The summed E-state index contributed by atoms with van der Waals surface area (Å²) in [6.07, 6.45) is 2.31. The van der Waals surface area contributed by atoms with Crippen LogP contribution >= 0.6 is 0 Å². The number of anilines is 1. The first-order valence-corrected chi connectivity index (χ1v) is 9.60. The molecule has 3 aromatic rings. The maximum Gasteiger partial charge on any atom is 0.257 e. The van der Waals surface area contributed by atoms with Crippen LogP contribution in [-0.2, 0) is 0 Å². The molecule has 1 aliphatic heterocycles. The first-order valence-electron chi connectivity index (χ1n) is 9.60. The number of benzene rings is 1. The predicted octanol–water partition coefficient (Wildman–Crippen LogP) is 2.33. The highest BCUT2D eigenvalue weighted by molar-refractivity contribution is 5.95. The fourth-order valence-electron chi connectivity index (χ4n) is 3.41. The van der Waals surface area contributed by atoms with Gasteiger partial charge in [-0.2, -0.15) is 5.10 Å². The van der Waals surface area contributed by atoms with E-state index in [0.29, 0.717) is 24.5 Å². The van der Waals surface area contributed by atoms with Crippen LogP contribution in [-0.4, -0.2) is 64.1 Å². The molecule has 1 aromatic carbocycles. The number of nitrogens with zero attached hydrogens (tertiary/aromatic N) is 6. The van der Waals surface area contributed by atoms with Crippen LogP contribution in [0.3, 0.4) is 0 Å². The third-order valence-electron chi connectivity index (χ3n) is 5.04. The Morgan fingerprint density at radius 2 is 1.93 bits per heavy atom. The Hall–Kier alpha value is -3.42. The normalized spacial score (nSPS) is 16.1. The van der Waals surface area contributed by atoms with Crippen LogP contribution in [0.1, 0.15) is 22.5 Å². The maximum absolute atomic E-state index is 13.0. The number of para-hydroxylation sites is 1. The Labute approximate surface area is 169 Å². The summed E-state index contributed by atoms with van der Waals surface area (Å²) in [4.78, 5) is 16.7. The van der Waals surface area contributed by atoms with E-state index in [0.717, 1.165) is 23.6 Å². The first-order chi connectivity index (χ1) is 14.0. The molecule has 0 radical (unpaired) electrons. The SMILES string of the molecule is Cc1c(C(=O)N2CCC(Oc3ccc(N(C)C)nn3)C2)cnn1-c1ccccc1. The molecular weight excluding hydrogens is 368 g/mol. The van der Waals surface area contributed by atoms with Crippen LogP contribution in [0.4, 0.5) is 5.82 Å². The molecule has 0 N–H and O–H groups in total. The molecule has 1 fully saturated rings. The average Bonchev–Trinajstić information content (AvgIpc) is 3.35. The zero-order chi connectivity index (χ0) is 20.4. The van der Waals surface area contributed by atoms with Crippen molar-refractivity contribution in [2.24, 2.45) is 0 Å². The molecule has 29 heavy (non-hydrogen) atoms. The summed E-state index contributed by atoms with van der Waals surface area (Å²) in [5.41, 5.74) is 2.38. The van der Waals surface area contributed by atoms with Crippen LogP contribution in [0.2, 0.25) is 0 Å². The molecule has 0 spiro atoms. The van der Waals surface area contributed by atoms with Crippen molar-refractivity contribution >= 4 is 11.7 Å². The quantitative estimate of drug-likeness (QED) is 0.663. The number of hydrogen-bond acceptors (Lipinski definition) is 6. The molecule has 3 heterocycles. The van der Waals surface area contributed by atoms with E-state index in [4.69, 9.17) is 4.74 Å². The van der Waals surface area contributed by atoms with E-state index in [1.54, 1.807) is 16.9 Å². The second kappa shape index (κ2) is 7.90. The van der Waals surface area contributed by atoms with Crippen molar-refractivity contribution in [1.82, 2.24) is 24.9 Å². The summed E-state index contributed by atoms with van der Waals surface area (Å²) in [5, 5.41) is 12.6. The van der Waals surface area contributed by atoms with Crippen LogP contribution < -0.4 is 9.64 Å². The van der Waals surface area contributed by atoms with Crippen molar-refractivity contribution in [2.75, 3.05) is 32.1 Å². The molecule has 1 aliphatic rings. The van der Waals surface area contributed by atoms with E-state index >= 15 is 0 Å². The number of amides is 1. The molecular formula is C21H24N6O2. The molecule has 1 atom stereocenters. The lowest BCUT2D eigenvalue weighted by molar-refractivity contribution is 0.0770. The van der Waals surface area contributed by atoms with Gasteiger partial charge in [-0.25, -0.2) is 4.68 Å². The molecule has 8 nitrogen and oxygen atoms in total. The van der Waals surface area contributed by atoms with E-state index in [9.17, 15) is 4.79 Å². The summed E-state index contributed by atoms with van der Waals surface area (Å²) in [7, 11) is 3.82. The van der Waals surface area contributed by atoms with E-state index in [1.165, 1.54) is 0 Å². The topological polar surface area (TPSA) is 76.4 Å². The number of carbonyl (C=O) groups is 1. The molecule has 0 saturated carbocycles. The molecule has 0 aliphatic carbocycles. The molecule has 1 amide bonds. The number of likely N-dealkylation sites (tertiary alicyclic amines) is 1. The summed E-state index contributed by atoms with van der Waals surface area (Å²) in [6, 6.07) is 13.5. The van der Waals surface area contributed by atoms with Crippen molar-refractivity contribution < 1.29 is 9.53 Å². The maximum atomic E-state index is 13.0. The third-order valence-corrected chi connectivity index (χ3v) is 5.04. The molecule has 1 saturated heterocycles. The Morgan fingerprint density at radius 3 is 2.62 bits per heavy atom. The lowest BCUT2D eigenvalue weighted by Crippen LogP contribution is -2.31. The van der Waals surface area contributed by atoms with Gasteiger partial charge < -0.3 is 14.5 Å². The first kappa shape index (κ1) is 18.9. The van der Waals surface area contributed by atoms with E-state index in [2.05, 4.69) is 15.3 Å². The van der Waals surface area contributed by atoms with Crippen LogP contribution in [0.25, 0.3) is 5.69 Å². The van der Waals surface area contributed by atoms with Gasteiger partial charge in [0.2, 0.25) is 5.88 Å². The number of ether oxygens (including phenoxy) is 1. The largest absolute Gasteiger partial charge is 0.471 e. The molecule has 4 rings (SSSR count). The zero-order valence-electron chi connectivity index (χ0n) is 16.8. The van der Waals surface area contributed by atoms with Crippen LogP contribution in [0, 0.1) is 6.92 Å². The van der Waals surface area contributed by atoms with Crippen molar-refractivity contribution in [3.05, 3.63) is 59.9 Å². The Morgan fingerprint density at radius 1 is 1.14 bits per heavy atom. The number of rotatable bonds is 5. The van der Waals surface area contributed by atoms with Gasteiger partial charge in [0.25, 0.3) is 5.91 Å². The second-order valence-corrected chi connectivity index (χ2v) is 7.29. The van der Waals surface area contributed by atoms with Gasteiger partial charge in [-0.15, -0.1) is 10.2 Å². The van der Waals surface area contributed by atoms with E-state index in [1.807, 2.05) is 67.2 Å². The van der Waals surface area contributed by atoms with Gasteiger partial charge >= 0.3 is 0 Å². The molecule has 0 bridgehead atoms. The van der Waals surface area contributed by atoms with Gasteiger partial charge in [0.05, 0.1) is 29.7 Å². The molecule has 2 aromatic heterocycles. The van der Waals surface area contributed by atoms with Crippen molar-refractivity contribution in [3.8, 4) is 11.6 Å². The highest BCUT2D eigenvalue weighted by Crippen LogP contribution is 2.21. The lowest BCUT2D eigenvalue weighted by Gasteiger charge is -2.17. The summed E-state index contributed by atoms with van der Waals surface area (Å²) >= 11 is 0. The standard InChI is InChI=1S/C21H24N6O2/c1-15-18(13-22-27(15)16-7-5-4-6-8-16)21(28)26-12-11-17(14-26)29-20-10-9-19(23-24-20)25(2)3/h4-10,13,17H,11-12,14H2,1-3H3.